The molecule has 0 aliphatic carbocycles. The molecule has 1 fully saturated rings. The van der Waals surface area contributed by atoms with Gasteiger partial charge < -0.3 is 14.7 Å². The Morgan fingerprint density at radius 3 is 2.30 bits per heavy atom. The summed E-state index contributed by atoms with van der Waals surface area (Å²) in [5.41, 5.74) is 6.64. The van der Waals surface area contributed by atoms with Gasteiger partial charge in [-0.25, -0.2) is 0 Å². The third kappa shape index (κ3) is 6.18. The lowest BCUT2D eigenvalue weighted by Crippen LogP contribution is -2.45. The van der Waals surface area contributed by atoms with Crippen molar-refractivity contribution in [1.29, 1.82) is 0 Å². The summed E-state index contributed by atoms with van der Waals surface area (Å²) in [6, 6.07) is 25.9. The highest BCUT2D eigenvalue weighted by Crippen LogP contribution is 2.47. The number of piperidine rings is 1. The Kier molecular flexibility index (Phi) is 8.47. The second-order valence-corrected chi connectivity index (χ2v) is 11.5. The molecule has 0 aromatic heterocycles. The summed E-state index contributed by atoms with van der Waals surface area (Å²) in [6.07, 6.45) is 2.41. The third-order valence-electron chi connectivity index (χ3n) is 8.51. The van der Waals surface area contributed by atoms with Crippen molar-refractivity contribution in [3.05, 3.63) is 95.1 Å². The number of fused-ring (bicyclic) bond motifs is 2. The highest BCUT2D eigenvalue weighted by Gasteiger charge is 2.44. The van der Waals surface area contributed by atoms with Gasteiger partial charge in [0.25, 0.3) is 0 Å². The predicted octanol–water partition coefficient (Wildman–Crippen LogP) is 6.61. The molecule has 1 N–H and O–H groups in total. The fourth-order valence-electron chi connectivity index (χ4n) is 6.26. The van der Waals surface area contributed by atoms with Crippen molar-refractivity contribution in [3.63, 3.8) is 0 Å². The normalized spacial score (nSPS) is 16.9. The van der Waals surface area contributed by atoms with Gasteiger partial charge in [0.15, 0.2) is 0 Å². The van der Waals surface area contributed by atoms with Crippen molar-refractivity contribution in [1.82, 2.24) is 4.90 Å². The number of rotatable bonds is 9. The lowest BCUT2D eigenvalue weighted by Gasteiger charge is -2.40. The van der Waals surface area contributed by atoms with E-state index in [0.29, 0.717) is 12.6 Å². The largest absolute Gasteiger partial charge is 0.489 e. The number of aliphatic carboxylic acids is 1. The molecule has 5 nitrogen and oxygen atoms in total. The van der Waals surface area contributed by atoms with E-state index in [0.717, 1.165) is 43.1 Å². The fourth-order valence-corrected chi connectivity index (χ4v) is 6.26. The van der Waals surface area contributed by atoms with Crippen molar-refractivity contribution in [2.75, 3.05) is 24.5 Å². The van der Waals surface area contributed by atoms with Crippen molar-refractivity contribution < 1.29 is 14.6 Å². The number of likely N-dealkylation sites (tertiary alicyclic amines) is 1. The topological polar surface area (TPSA) is 53.0 Å². The number of hydrogen-bond acceptors (Lipinski definition) is 4. The summed E-state index contributed by atoms with van der Waals surface area (Å²) in [5.74, 6) is 5.43. The number of ether oxygens (including phenoxy) is 1. The minimum atomic E-state index is -0.849. The minimum absolute atomic E-state index is 0.00358. The van der Waals surface area contributed by atoms with Crippen molar-refractivity contribution in [3.8, 4) is 17.6 Å². The number of carboxylic acids is 1. The molecule has 5 rings (SSSR count). The zero-order valence-corrected chi connectivity index (χ0v) is 23.9. The fraction of sp³-hybridized carbons (Fsp3) is 0.400. The van der Waals surface area contributed by atoms with Gasteiger partial charge in [-0.2, -0.15) is 0 Å². The molecule has 2 heterocycles. The first kappa shape index (κ1) is 27.8. The molecule has 3 aromatic carbocycles. The molecule has 0 saturated carbocycles. The molecule has 3 aromatic rings. The van der Waals surface area contributed by atoms with E-state index in [1.165, 1.54) is 24.1 Å². The molecule has 0 radical (unpaired) electrons. The van der Waals surface area contributed by atoms with Crippen LogP contribution in [-0.2, 0) is 23.4 Å². The molecule has 1 spiro atoms. The Bertz CT molecular complexity index is 1360. The van der Waals surface area contributed by atoms with Gasteiger partial charge in [0.1, 0.15) is 12.4 Å². The highest BCUT2D eigenvalue weighted by atomic mass is 16.5. The lowest BCUT2D eigenvalue weighted by atomic mass is 9.74. The van der Waals surface area contributed by atoms with Crippen LogP contribution in [-0.4, -0.2) is 41.7 Å². The number of nitrogens with zero attached hydrogens (tertiary/aromatic N) is 2. The van der Waals surface area contributed by atoms with Crippen LogP contribution in [0.2, 0.25) is 0 Å². The van der Waals surface area contributed by atoms with E-state index < -0.39 is 5.97 Å². The maximum Gasteiger partial charge on any atom is 0.304 e. The van der Waals surface area contributed by atoms with Crippen molar-refractivity contribution in [2.45, 2.75) is 70.6 Å². The summed E-state index contributed by atoms with van der Waals surface area (Å²) >= 11 is 0. The maximum atomic E-state index is 11.1. The maximum absolute atomic E-state index is 11.1. The van der Waals surface area contributed by atoms with E-state index >= 15 is 0 Å². The summed E-state index contributed by atoms with van der Waals surface area (Å²) in [6.45, 7) is 11.2. The molecule has 0 amide bonds. The van der Waals surface area contributed by atoms with Crippen molar-refractivity contribution in [2.24, 2.45) is 0 Å². The number of benzene rings is 3. The zero-order valence-electron chi connectivity index (χ0n) is 23.9. The van der Waals surface area contributed by atoms with Crippen LogP contribution in [0.4, 0.5) is 5.69 Å². The van der Waals surface area contributed by atoms with Gasteiger partial charge in [0.2, 0.25) is 0 Å². The van der Waals surface area contributed by atoms with Crippen LogP contribution >= 0.6 is 0 Å². The Morgan fingerprint density at radius 1 is 0.975 bits per heavy atom. The number of carbonyl (C=O) groups is 1. The van der Waals surface area contributed by atoms with Gasteiger partial charge in [0, 0.05) is 30.2 Å². The van der Waals surface area contributed by atoms with Gasteiger partial charge in [-0.3, -0.25) is 9.69 Å². The SMILES string of the molecule is CC#CC(CC(=O)O)c1ccc(OCc2ccc(CN3CCC4(CC3)CN(C(C)C)c3ccccc34)cc2)cc1. The van der Waals surface area contributed by atoms with Crippen LogP contribution in [0.15, 0.2) is 72.8 Å². The average Bonchev–Trinajstić information content (AvgIpc) is 3.28. The molecule has 2 aliphatic heterocycles. The molecule has 40 heavy (non-hydrogen) atoms. The molecule has 1 saturated heterocycles. The molecular formula is C35H40N2O3. The van der Waals surface area contributed by atoms with Gasteiger partial charge in [0.05, 0.1) is 12.3 Å². The van der Waals surface area contributed by atoms with Crippen LogP contribution in [0.25, 0.3) is 0 Å². The Morgan fingerprint density at radius 2 is 1.65 bits per heavy atom. The van der Waals surface area contributed by atoms with E-state index in [9.17, 15) is 4.79 Å². The van der Waals surface area contributed by atoms with Gasteiger partial charge in [-0.15, -0.1) is 5.92 Å². The van der Waals surface area contributed by atoms with Crippen LogP contribution in [0.5, 0.6) is 5.75 Å². The molecule has 208 valence electrons. The summed E-state index contributed by atoms with van der Waals surface area (Å²) in [4.78, 5) is 16.3. The van der Waals surface area contributed by atoms with E-state index in [-0.39, 0.29) is 17.8 Å². The molecule has 1 unspecified atom stereocenters. The molecule has 1 atom stereocenters. The van der Waals surface area contributed by atoms with Crippen LogP contribution in [0.1, 0.15) is 68.2 Å². The average molecular weight is 537 g/mol. The minimum Gasteiger partial charge on any atom is -0.489 e. The standard InChI is InChI=1S/C35H40N2O3/c1-4-7-30(22-34(38)39)29-14-16-31(17-15-29)40-24-28-12-10-27(11-13-28)23-36-20-18-35(19-21-36)25-37(26(2)3)33-9-6-5-8-32(33)35/h5-6,8-17,26,30H,18-25H2,1-3H3,(H,38,39). The van der Waals surface area contributed by atoms with Crippen LogP contribution in [0, 0.1) is 11.8 Å². The van der Waals surface area contributed by atoms with E-state index in [2.05, 4.69) is 84.0 Å². The Balaban J connectivity index is 1.12. The van der Waals surface area contributed by atoms with E-state index in [1.54, 1.807) is 12.5 Å². The molecular weight excluding hydrogens is 496 g/mol. The smallest absolute Gasteiger partial charge is 0.304 e. The first-order chi connectivity index (χ1) is 19.4. The highest BCUT2D eigenvalue weighted by molar-refractivity contribution is 5.69. The molecule has 2 aliphatic rings. The van der Waals surface area contributed by atoms with Crippen molar-refractivity contribution >= 4 is 11.7 Å². The first-order valence-electron chi connectivity index (χ1n) is 14.4. The second kappa shape index (κ2) is 12.2. The van der Waals surface area contributed by atoms with Gasteiger partial charge >= 0.3 is 5.97 Å². The monoisotopic (exact) mass is 536 g/mol. The Hall–Kier alpha value is -3.75. The number of anilines is 1. The number of carboxylic acid groups (broad SMARTS) is 1. The molecule has 0 bridgehead atoms. The summed E-state index contributed by atoms with van der Waals surface area (Å²) in [7, 11) is 0. The third-order valence-corrected chi connectivity index (χ3v) is 8.51. The second-order valence-electron chi connectivity index (χ2n) is 11.5. The summed E-state index contributed by atoms with van der Waals surface area (Å²) < 4.78 is 6.00. The van der Waals surface area contributed by atoms with E-state index in [4.69, 9.17) is 9.84 Å². The van der Waals surface area contributed by atoms with Gasteiger partial charge in [-0.05, 0) is 87.2 Å². The Labute approximate surface area is 238 Å². The molecule has 5 heteroatoms. The first-order valence-corrected chi connectivity index (χ1v) is 14.4. The predicted molar refractivity (Wildman–Crippen MR) is 161 cm³/mol. The number of para-hydroxylation sites is 1. The van der Waals surface area contributed by atoms with Crippen LogP contribution in [0.3, 0.4) is 0 Å². The lowest BCUT2D eigenvalue weighted by molar-refractivity contribution is -0.137. The number of hydrogen-bond donors (Lipinski definition) is 1. The zero-order chi connectivity index (χ0) is 28.1. The van der Waals surface area contributed by atoms with E-state index in [1.807, 2.05) is 24.3 Å². The van der Waals surface area contributed by atoms with Gasteiger partial charge in [-0.1, -0.05) is 60.5 Å². The quantitative estimate of drug-likeness (QED) is 0.312. The van der Waals surface area contributed by atoms with Crippen LogP contribution < -0.4 is 9.64 Å². The summed E-state index contributed by atoms with van der Waals surface area (Å²) in [5, 5.41) is 9.15.